The maximum absolute atomic E-state index is 12.6. The standard InChI is InChI=1S/C17H24N2O2/c1-18-10-14-6-7-15(18)12-19(11-14)17(20)9-13-4-3-5-16(8-13)21-2/h3-5,8,14-15H,6-7,9-12H2,1-2H3/t14-,15-/m1/s1. The van der Waals surface area contributed by atoms with Crippen LogP contribution in [0.5, 0.6) is 5.75 Å². The minimum absolute atomic E-state index is 0.246. The molecule has 0 unspecified atom stereocenters. The number of ether oxygens (including phenoxy) is 1. The first kappa shape index (κ1) is 14.4. The van der Waals surface area contributed by atoms with Gasteiger partial charge in [0.2, 0.25) is 5.91 Å². The van der Waals surface area contributed by atoms with E-state index in [0.29, 0.717) is 18.4 Å². The quantitative estimate of drug-likeness (QED) is 0.850. The smallest absolute Gasteiger partial charge is 0.227 e. The lowest BCUT2D eigenvalue weighted by molar-refractivity contribution is -0.130. The normalized spacial score (nSPS) is 25.7. The van der Waals surface area contributed by atoms with Gasteiger partial charge in [0.1, 0.15) is 5.75 Å². The molecule has 3 heterocycles. The van der Waals surface area contributed by atoms with Crippen LogP contribution in [0.15, 0.2) is 24.3 Å². The van der Waals surface area contributed by atoms with Gasteiger partial charge in [0.05, 0.1) is 13.5 Å². The zero-order valence-electron chi connectivity index (χ0n) is 12.9. The number of likely N-dealkylation sites (N-methyl/N-ethyl adjacent to an activating group) is 1. The Bertz CT molecular complexity index is 517. The van der Waals surface area contributed by atoms with Crippen LogP contribution in [0.1, 0.15) is 18.4 Å². The van der Waals surface area contributed by atoms with Crippen molar-refractivity contribution in [2.45, 2.75) is 25.3 Å². The lowest BCUT2D eigenvalue weighted by Gasteiger charge is -2.32. The molecule has 0 radical (unpaired) electrons. The molecule has 2 bridgehead atoms. The topological polar surface area (TPSA) is 32.8 Å². The second-order valence-electron chi connectivity index (χ2n) is 6.36. The molecule has 0 saturated carbocycles. The van der Waals surface area contributed by atoms with Crippen LogP contribution in [-0.4, -0.2) is 55.5 Å². The Labute approximate surface area is 126 Å². The minimum atomic E-state index is 0.246. The Kier molecular flexibility index (Phi) is 4.15. The molecule has 0 aliphatic carbocycles. The molecular weight excluding hydrogens is 264 g/mol. The largest absolute Gasteiger partial charge is 0.497 e. The summed E-state index contributed by atoms with van der Waals surface area (Å²) < 4.78 is 5.23. The predicted molar refractivity (Wildman–Crippen MR) is 82.4 cm³/mol. The van der Waals surface area contributed by atoms with Crippen LogP contribution < -0.4 is 4.74 Å². The highest BCUT2D eigenvalue weighted by Crippen LogP contribution is 2.27. The molecule has 1 aromatic carbocycles. The summed E-state index contributed by atoms with van der Waals surface area (Å²) in [6, 6.07) is 8.35. The number of nitrogens with zero attached hydrogens (tertiary/aromatic N) is 2. The third-order valence-corrected chi connectivity index (χ3v) is 4.83. The molecule has 3 fully saturated rings. The first-order valence-corrected chi connectivity index (χ1v) is 7.76. The van der Waals surface area contributed by atoms with Crippen molar-refractivity contribution in [2.75, 3.05) is 33.8 Å². The number of carbonyl (C=O) groups excluding carboxylic acids is 1. The van der Waals surface area contributed by atoms with E-state index in [2.05, 4.69) is 16.8 Å². The van der Waals surface area contributed by atoms with Crippen LogP contribution in [0.25, 0.3) is 0 Å². The number of hydrogen-bond donors (Lipinski definition) is 0. The molecule has 0 aromatic heterocycles. The van der Waals surface area contributed by atoms with Gasteiger partial charge in [0.15, 0.2) is 0 Å². The highest BCUT2D eigenvalue weighted by molar-refractivity contribution is 5.79. The number of fused-ring (bicyclic) bond motifs is 4. The SMILES string of the molecule is COc1cccc(CC(=O)N2C[C@@H]3CC[C@H](C2)N(C)C3)c1. The average Bonchev–Trinajstić information content (AvgIpc) is 2.78. The van der Waals surface area contributed by atoms with E-state index in [4.69, 9.17) is 4.74 Å². The van der Waals surface area contributed by atoms with Gasteiger partial charge in [0.25, 0.3) is 0 Å². The van der Waals surface area contributed by atoms with Gasteiger partial charge in [-0.2, -0.15) is 0 Å². The summed E-state index contributed by atoms with van der Waals surface area (Å²) in [5, 5.41) is 0. The molecule has 0 spiro atoms. The molecule has 0 N–H and O–H groups in total. The Morgan fingerprint density at radius 1 is 1.29 bits per heavy atom. The lowest BCUT2D eigenvalue weighted by atomic mass is 9.96. The molecule has 3 aliphatic rings. The molecule has 1 aromatic rings. The van der Waals surface area contributed by atoms with Crippen LogP contribution in [0.2, 0.25) is 0 Å². The van der Waals surface area contributed by atoms with Crippen molar-refractivity contribution in [1.82, 2.24) is 9.80 Å². The van der Waals surface area contributed by atoms with Crippen molar-refractivity contribution >= 4 is 5.91 Å². The van der Waals surface area contributed by atoms with Crippen LogP contribution in [0.4, 0.5) is 0 Å². The number of amides is 1. The summed E-state index contributed by atoms with van der Waals surface area (Å²) in [7, 11) is 3.84. The second kappa shape index (κ2) is 6.06. The zero-order valence-corrected chi connectivity index (χ0v) is 12.9. The molecular formula is C17H24N2O2. The summed E-state index contributed by atoms with van der Waals surface area (Å²) in [5.74, 6) is 1.70. The van der Waals surface area contributed by atoms with E-state index < -0.39 is 0 Å². The number of piperidine rings is 1. The molecule has 2 atom stereocenters. The maximum Gasteiger partial charge on any atom is 0.227 e. The monoisotopic (exact) mass is 288 g/mol. The predicted octanol–water partition coefficient (Wildman–Crippen LogP) is 1.79. The Balaban J connectivity index is 1.67. The van der Waals surface area contributed by atoms with E-state index in [1.165, 1.54) is 12.8 Å². The fourth-order valence-corrected chi connectivity index (χ4v) is 3.59. The van der Waals surface area contributed by atoms with Gasteiger partial charge in [-0.1, -0.05) is 12.1 Å². The van der Waals surface area contributed by atoms with Crippen molar-refractivity contribution in [3.8, 4) is 5.75 Å². The van der Waals surface area contributed by atoms with Crippen LogP contribution in [-0.2, 0) is 11.2 Å². The fourth-order valence-electron chi connectivity index (χ4n) is 3.59. The first-order valence-electron chi connectivity index (χ1n) is 7.76. The number of carbonyl (C=O) groups is 1. The zero-order chi connectivity index (χ0) is 14.8. The summed E-state index contributed by atoms with van der Waals surface area (Å²) in [5.41, 5.74) is 1.03. The van der Waals surface area contributed by atoms with E-state index in [1.54, 1.807) is 7.11 Å². The van der Waals surface area contributed by atoms with E-state index >= 15 is 0 Å². The summed E-state index contributed by atoms with van der Waals surface area (Å²) in [6.45, 7) is 2.94. The molecule has 4 rings (SSSR count). The Morgan fingerprint density at radius 3 is 2.90 bits per heavy atom. The summed E-state index contributed by atoms with van der Waals surface area (Å²) >= 11 is 0. The van der Waals surface area contributed by atoms with Gasteiger partial charge in [-0.15, -0.1) is 0 Å². The number of rotatable bonds is 3. The van der Waals surface area contributed by atoms with Crippen molar-refractivity contribution in [2.24, 2.45) is 5.92 Å². The average molecular weight is 288 g/mol. The van der Waals surface area contributed by atoms with Crippen LogP contribution in [0.3, 0.4) is 0 Å². The van der Waals surface area contributed by atoms with E-state index in [-0.39, 0.29) is 5.91 Å². The maximum atomic E-state index is 12.6. The second-order valence-corrected chi connectivity index (χ2v) is 6.36. The fraction of sp³-hybridized carbons (Fsp3) is 0.588. The Hall–Kier alpha value is -1.55. The molecule has 1 amide bonds. The van der Waals surface area contributed by atoms with E-state index in [1.807, 2.05) is 24.3 Å². The van der Waals surface area contributed by atoms with Gasteiger partial charge < -0.3 is 14.5 Å². The van der Waals surface area contributed by atoms with E-state index in [0.717, 1.165) is 30.9 Å². The summed E-state index contributed by atoms with van der Waals surface area (Å²) in [4.78, 5) is 17.1. The highest BCUT2D eigenvalue weighted by Gasteiger charge is 2.34. The molecule has 3 saturated heterocycles. The van der Waals surface area contributed by atoms with Crippen molar-refractivity contribution < 1.29 is 9.53 Å². The van der Waals surface area contributed by atoms with Gasteiger partial charge in [-0.25, -0.2) is 0 Å². The third kappa shape index (κ3) is 3.21. The molecule has 4 heteroatoms. The van der Waals surface area contributed by atoms with E-state index in [9.17, 15) is 4.79 Å². The van der Waals surface area contributed by atoms with Crippen LogP contribution in [0, 0.1) is 5.92 Å². The summed E-state index contributed by atoms with van der Waals surface area (Å²) in [6.07, 6.45) is 2.96. The van der Waals surface area contributed by atoms with Crippen molar-refractivity contribution in [3.05, 3.63) is 29.8 Å². The molecule has 4 nitrogen and oxygen atoms in total. The van der Waals surface area contributed by atoms with Gasteiger partial charge in [-0.3, -0.25) is 4.79 Å². The number of benzene rings is 1. The van der Waals surface area contributed by atoms with Crippen LogP contribution >= 0.6 is 0 Å². The molecule has 114 valence electrons. The highest BCUT2D eigenvalue weighted by atomic mass is 16.5. The molecule has 21 heavy (non-hydrogen) atoms. The van der Waals surface area contributed by atoms with Gasteiger partial charge in [-0.05, 0) is 43.5 Å². The number of methoxy groups -OCH3 is 1. The third-order valence-electron chi connectivity index (χ3n) is 4.83. The van der Waals surface area contributed by atoms with Crippen molar-refractivity contribution in [3.63, 3.8) is 0 Å². The van der Waals surface area contributed by atoms with Crippen molar-refractivity contribution in [1.29, 1.82) is 0 Å². The first-order chi connectivity index (χ1) is 10.2. The van der Waals surface area contributed by atoms with Gasteiger partial charge >= 0.3 is 0 Å². The number of hydrogen-bond acceptors (Lipinski definition) is 3. The lowest BCUT2D eigenvalue weighted by Crippen LogP contribution is -2.42. The minimum Gasteiger partial charge on any atom is -0.497 e. The van der Waals surface area contributed by atoms with Gasteiger partial charge in [0, 0.05) is 25.7 Å². The Morgan fingerprint density at radius 2 is 2.14 bits per heavy atom. The molecule has 3 aliphatic heterocycles.